The van der Waals surface area contributed by atoms with Crippen molar-refractivity contribution in [3.8, 4) is 10.7 Å². The fourth-order valence-corrected chi connectivity index (χ4v) is 3.74. The van der Waals surface area contributed by atoms with Crippen LogP contribution < -0.4 is 0 Å². The molecule has 0 amide bonds. The maximum atomic E-state index is 11.6. The molecule has 2 heterocycles. The van der Waals surface area contributed by atoms with Crippen molar-refractivity contribution in [2.45, 2.75) is 51.2 Å². The lowest BCUT2D eigenvalue weighted by molar-refractivity contribution is 0.528. The van der Waals surface area contributed by atoms with Gasteiger partial charge in [0.25, 0.3) is 14.2 Å². The number of nitrogens with zero attached hydrogens (tertiary/aromatic N) is 5. The summed E-state index contributed by atoms with van der Waals surface area (Å²) in [6.45, 7) is 9.68. The molecular formula is C11H16ClN5O2S2. The second-order valence-corrected chi connectivity index (χ2v) is 9.12. The van der Waals surface area contributed by atoms with Crippen molar-refractivity contribution in [2.24, 2.45) is 0 Å². The highest BCUT2D eigenvalue weighted by atomic mass is 35.7. The molecule has 0 unspecified atom stereocenters. The minimum absolute atomic E-state index is 0.173. The van der Waals surface area contributed by atoms with Crippen molar-refractivity contribution in [2.75, 3.05) is 0 Å². The van der Waals surface area contributed by atoms with E-state index < -0.39 is 9.05 Å². The van der Waals surface area contributed by atoms with Crippen molar-refractivity contribution < 1.29 is 8.42 Å². The number of aromatic nitrogens is 5. The molecule has 0 fully saturated rings. The highest BCUT2D eigenvalue weighted by Gasteiger charge is 2.30. The first-order valence-corrected chi connectivity index (χ1v) is 9.34. The fourth-order valence-electron chi connectivity index (χ4n) is 1.89. The molecule has 0 spiro atoms. The van der Waals surface area contributed by atoms with E-state index in [9.17, 15) is 8.42 Å². The van der Waals surface area contributed by atoms with Gasteiger partial charge in [-0.15, -0.1) is 15.3 Å². The number of halogens is 1. The van der Waals surface area contributed by atoms with Gasteiger partial charge in [0.1, 0.15) is 4.88 Å². The van der Waals surface area contributed by atoms with Crippen LogP contribution in [0.5, 0.6) is 0 Å². The average Bonchev–Trinajstić information content (AvgIpc) is 2.93. The molecule has 116 valence electrons. The third kappa shape index (κ3) is 3.09. The van der Waals surface area contributed by atoms with E-state index in [2.05, 4.69) is 19.8 Å². The van der Waals surface area contributed by atoms with Crippen LogP contribution in [0.4, 0.5) is 0 Å². The molecule has 2 aromatic rings. The molecule has 0 aliphatic rings. The van der Waals surface area contributed by atoms with Gasteiger partial charge >= 0.3 is 0 Å². The lowest BCUT2D eigenvalue weighted by atomic mass is 9.91. The zero-order valence-corrected chi connectivity index (χ0v) is 14.7. The van der Waals surface area contributed by atoms with E-state index in [0.29, 0.717) is 10.7 Å². The van der Waals surface area contributed by atoms with Gasteiger partial charge in [-0.2, -0.15) is 0 Å². The molecule has 0 N–H and O–H groups in total. The van der Waals surface area contributed by atoms with Crippen LogP contribution in [0.25, 0.3) is 10.7 Å². The Labute approximate surface area is 131 Å². The van der Waals surface area contributed by atoms with E-state index in [1.165, 1.54) is 4.57 Å². The molecular weight excluding hydrogens is 334 g/mol. The Kier molecular flexibility index (Phi) is 4.11. The van der Waals surface area contributed by atoms with Gasteiger partial charge in [-0.3, -0.25) is 4.57 Å². The highest BCUT2D eigenvalue weighted by molar-refractivity contribution is 8.13. The molecule has 2 aromatic heterocycles. The van der Waals surface area contributed by atoms with Gasteiger partial charge in [-0.05, 0) is 25.4 Å². The SMILES string of the molecule is CC(C)n1c(-c2snnc2C(C)(C)C)nnc1S(=O)(=O)Cl. The molecule has 0 saturated heterocycles. The van der Waals surface area contributed by atoms with E-state index in [0.717, 1.165) is 17.2 Å². The van der Waals surface area contributed by atoms with Crippen molar-refractivity contribution in [1.29, 1.82) is 0 Å². The van der Waals surface area contributed by atoms with Crippen LogP contribution in [-0.4, -0.2) is 32.8 Å². The van der Waals surface area contributed by atoms with Gasteiger partial charge in [-0.1, -0.05) is 25.3 Å². The van der Waals surface area contributed by atoms with E-state index in [-0.39, 0.29) is 16.6 Å². The standard InChI is InChI=1S/C11H16ClN5O2S2/c1-6(2)17-9(14-15-10(17)21(12,18)19)7-8(11(3,4)5)13-16-20-7/h6H,1-5H3. The van der Waals surface area contributed by atoms with Crippen molar-refractivity contribution in [3.63, 3.8) is 0 Å². The normalized spacial score (nSPS) is 13.1. The fraction of sp³-hybridized carbons (Fsp3) is 0.636. The smallest absolute Gasteiger partial charge is 0.293 e. The van der Waals surface area contributed by atoms with Gasteiger partial charge in [0.2, 0.25) is 0 Å². The van der Waals surface area contributed by atoms with Gasteiger partial charge in [-0.25, -0.2) is 8.42 Å². The van der Waals surface area contributed by atoms with E-state index in [1.54, 1.807) is 0 Å². The summed E-state index contributed by atoms with van der Waals surface area (Å²) in [7, 11) is 1.46. The summed E-state index contributed by atoms with van der Waals surface area (Å²) in [5.41, 5.74) is 0.510. The van der Waals surface area contributed by atoms with E-state index >= 15 is 0 Å². The summed E-state index contributed by atoms with van der Waals surface area (Å²) in [4.78, 5) is 0.704. The predicted molar refractivity (Wildman–Crippen MR) is 81.0 cm³/mol. The number of hydrogen-bond acceptors (Lipinski definition) is 7. The Balaban J connectivity index is 2.73. The summed E-state index contributed by atoms with van der Waals surface area (Å²) < 4.78 is 28.7. The molecule has 2 rings (SSSR count). The number of hydrogen-bond donors (Lipinski definition) is 0. The highest BCUT2D eigenvalue weighted by Crippen LogP contribution is 2.35. The van der Waals surface area contributed by atoms with Crippen LogP contribution in [0, 0.1) is 0 Å². The van der Waals surface area contributed by atoms with Crippen LogP contribution in [0.3, 0.4) is 0 Å². The Bertz CT molecular complexity index is 758. The zero-order valence-electron chi connectivity index (χ0n) is 12.3. The van der Waals surface area contributed by atoms with Gasteiger partial charge in [0.15, 0.2) is 5.82 Å². The average molecular weight is 350 g/mol. The minimum Gasteiger partial charge on any atom is -0.293 e. The first kappa shape index (κ1) is 16.3. The molecule has 21 heavy (non-hydrogen) atoms. The van der Waals surface area contributed by atoms with Gasteiger partial charge in [0, 0.05) is 22.1 Å². The third-order valence-electron chi connectivity index (χ3n) is 2.80. The molecule has 0 aliphatic carbocycles. The van der Waals surface area contributed by atoms with Crippen molar-refractivity contribution in [1.82, 2.24) is 24.4 Å². The summed E-state index contributed by atoms with van der Waals surface area (Å²) in [5, 5.41) is 11.6. The molecule has 0 saturated carbocycles. The zero-order chi connectivity index (χ0) is 16.0. The lowest BCUT2D eigenvalue weighted by Gasteiger charge is -2.17. The molecule has 0 aromatic carbocycles. The molecule has 0 aliphatic heterocycles. The van der Waals surface area contributed by atoms with Crippen molar-refractivity contribution >= 4 is 31.3 Å². The Morgan fingerprint density at radius 2 is 1.81 bits per heavy atom. The van der Waals surface area contributed by atoms with Crippen LogP contribution >= 0.6 is 22.2 Å². The topological polar surface area (TPSA) is 90.6 Å². The summed E-state index contributed by atoms with van der Waals surface area (Å²) in [6, 6.07) is -0.173. The maximum Gasteiger partial charge on any atom is 0.296 e. The first-order valence-electron chi connectivity index (χ1n) is 6.26. The van der Waals surface area contributed by atoms with Crippen LogP contribution in [-0.2, 0) is 14.5 Å². The van der Waals surface area contributed by atoms with Crippen LogP contribution in [0.2, 0.25) is 0 Å². The first-order chi connectivity index (χ1) is 9.53. The Morgan fingerprint density at radius 3 is 2.29 bits per heavy atom. The van der Waals surface area contributed by atoms with Crippen LogP contribution in [0.15, 0.2) is 5.16 Å². The van der Waals surface area contributed by atoms with Crippen LogP contribution in [0.1, 0.15) is 46.4 Å². The maximum absolute atomic E-state index is 11.6. The molecule has 0 radical (unpaired) electrons. The second kappa shape index (κ2) is 5.29. The largest absolute Gasteiger partial charge is 0.296 e. The van der Waals surface area contributed by atoms with E-state index in [1.807, 2.05) is 34.6 Å². The summed E-state index contributed by atoms with van der Waals surface area (Å²) in [6.07, 6.45) is 0. The molecule has 0 bridgehead atoms. The molecule has 10 heteroatoms. The summed E-state index contributed by atoms with van der Waals surface area (Å²) >= 11 is 1.16. The Hall–Kier alpha value is -1.06. The summed E-state index contributed by atoms with van der Waals surface area (Å²) in [5.74, 6) is 0.421. The molecule has 7 nitrogen and oxygen atoms in total. The second-order valence-electron chi connectivity index (χ2n) is 5.91. The van der Waals surface area contributed by atoms with E-state index in [4.69, 9.17) is 10.7 Å². The van der Waals surface area contributed by atoms with Gasteiger partial charge < -0.3 is 0 Å². The third-order valence-corrected chi connectivity index (χ3v) is 4.65. The minimum atomic E-state index is -3.97. The Morgan fingerprint density at radius 1 is 1.19 bits per heavy atom. The molecule has 0 atom stereocenters. The van der Waals surface area contributed by atoms with Gasteiger partial charge in [0.05, 0.1) is 5.69 Å². The monoisotopic (exact) mass is 349 g/mol. The number of rotatable bonds is 3. The quantitative estimate of drug-likeness (QED) is 0.791. The van der Waals surface area contributed by atoms with Crippen molar-refractivity contribution in [3.05, 3.63) is 5.69 Å². The lowest BCUT2D eigenvalue weighted by Crippen LogP contribution is -2.15. The predicted octanol–water partition coefficient (Wildman–Crippen LogP) is 2.60.